The highest BCUT2D eigenvalue weighted by molar-refractivity contribution is 5.88. The number of ether oxygens (including phenoxy) is 1. The third-order valence-corrected chi connectivity index (χ3v) is 5.54. The number of hydrogen-bond donors (Lipinski definition) is 1. The van der Waals surface area contributed by atoms with Gasteiger partial charge in [0.05, 0.1) is 13.0 Å². The number of methoxy groups -OCH3 is 1. The van der Waals surface area contributed by atoms with Crippen LogP contribution in [0.2, 0.25) is 0 Å². The first-order valence-corrected chi connectivity index (χ1v) is 9.59. The summed E-state index contributed by atoms with van der Waals surface area (Å²) in [7, 11) is 1.65. The smallest absolute Gasteiger partial charge is 0.303 e. The number of nitrogens with zero attached hydrogens (tertiary/aromatic N) is 1. The summed E-state index contributed by atoms with van der Waals surface area (Å²) in [6.45, 7) is 2.66. The maximum atomic E-state index is 13.1. The van der Waals surface area contributed by atoms with Crippen LogP contribution >= 0.6 is 0 Å². The van der Waals surface area contributed by atoms with Crippen LogP contribution in [0.15, 0.2) is 36.4 Å². The Balaban J connectivity index is 1.78. The molecule has 5 heteroatoms. The summed E-state index contributed by atoms with van der Waals surface area (Å²) in [6.07, 6.45) is 3.58. The molecule has 0 aliphatic carbocycles. The SMILES string of the molecule is COc1ccc2cc(C(C)C(=O)N3CCCCC3CCC(=O)O)ccc2c1. The van der Waals surface area contributed by atoms with Crippen LogP contribution in [-0.4, -0.2) is 41.6 Å². The highest BCUT2D eigenvalue weighted by Crippen LogP contribution is 2.29. The fourth-order valence-electron chi connectivity index (χ4n) is 3.91. The Morgan fingerprint density at radius 2 is 1.93 bits per heavy atom. The minimum absolute atomic E-state index is 0.0366. The van der Waals surface area contributed by atoms with E-state index in [0.717, 1.165) is 47.9 Å². The van der Waals surface area contributed by atoms with Crippen molar-refractivity contribution in [1.29, 1.82) is 0 Å². The zero-order valence-corrected chi connectivity index (χ0v) is 16.0. The van der Waals surface area contributed by atoms with Gasteiger partial charge in [-0.05, 0) is 61.1 Å². The van der Waals surface area contributed by atoms with E-state index < -0.39 is 5.97 Å². The molecular weight excluding hydrogens is 342 g/mol. The number of fused-ring (bicyclic) bond motifs is 1. The Labute approximate surface area is 159 Å². The molecule has 1 saturated heterocycles. The van der Waals surface area contributed by atoms with E-state index in [1.54, 1.807) is 7.11 Å². The first kappa shape index (κ1) is 19.2. The van der Waals surface area contributed by atoms with E-state index in [4.69, 9.17) is 9.84 Å². The molecule has 1 aliphatic heterocycles. The van der Waals surface area contributed by atoms with Crippen molar-refractivity contribution < 1.29 is 19.4 Å². The molecule has 0 saturated carbocycles. The molecule has 0 spiro atoms. The lowest BCUT2D eigenvalue weighted by molar-refractivity contribution is -0.140. The average Bonchev–Trinajstić information content (AvgIpc) is 2.70. The van der Waals surface area contributed by atoms with Gasteiger partial charge in [0.25, 0.3) is 0 Å². The molecule has 27 heavy (non-hydrogen) atoms. The monoisotopic (exact) mass is 369 g/mol. The second kappa shape index (κ2) is 8.42. The van der Waals surface area contributed by atoms with Crippen LogP contribution in [0, 0.1) is 0 Å². The number of carbonyl (C=O) groups excluding carboxylic acids is 1. The molecule has 1 aliphatic rings. The molecule has 1 N–H and O–H groups in total. The van der Waals surface area contributed by atoms with Crippen LogP contribution in [0.1, 0.15) is 50.5 Å². The molecule has 1 amide bonds. The number of hydrogen-bond acceptors (Lipinski definition) is 3. The van der Waals surface area contributed by atoms with Crippen molar-refractivity contribution in [3.63, 3.8) is 0 Å². The second-order valence-corrected chi connectivity index (χ2v) is 7.31. The van der Waals surface area contributed by atoms with Crippen molar-refractivity contribution in [1.82, 2.24) is 4.90 Å². The van der Waals surface area contributed by atoms with Gasteiger partial charge in [-0.15, -0.1) is 0 Å². The van der Waals surface area contributed by atoms with Gasteiger partial charge in [0.15, 0.2) is 0 Å². The highest BCUT2D eigenvalue weighted by atomic mass is 16.5. The molecule has 3 rings (SSSR count). The van der Waals surface area contributed by atoms with E-state index in [-0.39, 0.29) is 24.3 Å². The summed E-state index contributed by atoms with van der Waals surface area (Å²) in [6, 6.07) is 12.0. The molecule has 1 heterocycles. The lowest BCUT2D eigenvalue weighted by Gasteiger charge is -2.37. The molecule has 2 unspecified atom stereocenters. The van der Waals surface area contributed by atoms with Crippen LogP contribution in [0.4, 0.5) is 0 Å². The second-order valence-electron chi connectivity index (χ2n) is 7.31. The summed E-state index contributed by atoms with van der Waals surface area (Å²) in [4.78, 5) is 26.0. The van der Waals surface area contributed by atoms with E-state index in [1.165, 1.54) is 0 Å². The minimum Gasteiger partial charge on any atom is -0.497 e. The maximum absolute atomic E-state index is 13.1. The van der Waals surface area contributed by atoms with Crippen LogP contribution in [-0.2, 0) is 9.59 Å². The standard InChI is InChI=1S/C22H27NO4/c1-15(16-6-7-18-14-20(27-2)10-8-17(18)13-16)22(26)23-12-4-3-5-19(23)9-11-21(24)25/h6-8,10,13-15,19H,3-5,9,11-12H2,1-2H3,(H,24,25). The molecule has 5 nitrogen and oxygen atoms in total. The van der Waals surface area contributed by atoms with Crippen molar-refractivity contribution >= 4 is 22.6 Å². The van der Waals surface area contributed by atoms with Crippen LogP contribution < -0.4 is 4.74 Å². The number of carbonyl (C=O) groups is 2. The molecule has 0 radical (unpaired) electrons. The number of piperidine rings is 1. The number of benzene rings is 2. The predicted molar refractivity (Wildman–Crippen MR) is 105 cm³/mol. The summed E-state index contributed by atoms with van der Waals surface area (Å²) in [5.41, 5.74) is 0.986. The van der Waals surface area contributed by atoms with Gasteiger partial charge in [0.1, 0.15) is 5.75 Å². The molecule has 0 bridgehead atoms. The molecule has 0 aromatic heterocycles. The summed E-state index contributed by atoms with van der Waals surface area (Å²) < 4.78 is 5.27. The van der Waals surface area contributed by atoms with Gasteiger partial charge in [-0.25, -0.2) is 0 Å². The predicted octanol–water partition coefficient (Wildman–Crippen LogP) is 4.20. The molecule has 2 aromatic rings. The van der Waals surface area contributed by atoms with E-state index in [0.29, 0.717) is 6.42 Å². The quantitative estimate of drug-likeness (QED) is 0.829. The van der Waals surface area contributed by atoms with Crippen molar-refractivity contribution in [3.8, 4) is 5.75 Å². The van der Waals surface area contributed by atoms with Crippen LogP contribution in [0.5, 0.6) is 5.75 Å². The van der Waals surface area contributed by atoms with E-state index in [9.17, 15) is 9.59 Å². The number of aliphatic carboxylic acids is 1. The van der Waals surface area contributed by atoms with Crippen molar-refractivity contribution in [3.05, 3.63) is 42.0 Å². The van der Waals surface area contributed by atoms with Crippen LogP contribution in [0.25, 0.3) is 10.8 Å². The third kappa shape index (κ3) is 4.41. The molecule has 144 valence electrons. The normalized spacial score (nSPS) is 18.3. The lowest BCUT2D eigenvalue weighted by atomic mass is 9.92. The van der Waals surface area contributed by atoms with Crippen molar-refractivity contribution in [2.24, 2.45) is 0 Å². The molecule has 2 atom stereocenters. The van der Waals surface area contributed by atoms with Crippen molar-refractivity contribution in [2.45, 2.75) is 51.0 Å². The fourth-order valence-corrected chi connectivity index (χ4v) is 3.91. The molecular formula is C22H27NO4. The first-order chi connectivity index (χ1) is 13.0. The van der Waals surface area contributed by atoms with Gasteiger partial charge in [-0.2, -0.15) is 0 Å². The fraction of sp³-hybridized carbons (Fsp3) is 0.455. The number of rotatable bonds is 6. The Bertz CT molecular complexity index is 832. The third-order valence-electron chi connectivity index (χ3n) is 5.54. The summed E-state index contributed by atoms with van der Waals surface area (Å²) in [5, 5.41) is 11.1. The van der Waals surface area contributed by atoms with Gasteiger partial charge < -0.3 is 14.7 Å². The number of carboxylic acids is 1. The number of likely N-dealkylation sites (tertiary alicyclic amines) is 1. The van der Waals surface area contributed by atoms with Gasteiger partial charge >= 0.3 is 5.97 Å². The largest absolute Gasteiger partial charge is 0.497 e. The number of carboxylic acid groups (broad SMARTS) is 1. The van der Waals surface area contributed by atoms with Gasteiger partial charge in [-0.3, -0.25) is 9.59 Å². The maximum Gasteiger partial charge on any atom is 0.303 e. The van der Waals surface area contributed by atoms with E-state index in [2.05, 4.69) is 6.07 Å². The zero-order valence-electron chi connectivity index (χ0n) is 16.0. The van der Waals surface area contributed by atoms with Gasteiger partial charge in [0.2, 0.25) is 5.91 Å². The highest BCUT2D eigenvalue weighted by Gasteiger charge is 2.30. The topological polar surface area (TPSA) is 66.8 Å². The Kier molecular flexibility index (Phi) is 5.99. The number of amides is 1. The van der Waals surface area contributed by atoms with Crippen LogP contribution in [0.3, 0.4) is 0 Å². The summed E-state index contributed by atoms with van der Waals surface area (Å²) >= 11 is 0. The van der Waals surface area contributed by atoms with Crippen molar-refractivity contribution in [2.75, 3.05) is 13.7 Å². The van der Waals surface area contributed by atoms with Gasteiger partial charge in [-0.1, -0.05) is 24.3 Å². The Morgan fingerprint density at radius 3 is 2.67 bits per heavy atom. The van der Waals surface area contributed by atoms with E-state index >= 15 is 0 Å². The Morgan fingerprint density at radius 1 is 1.19 bits per heavy atom. The van der Waals surface area contributed by atoms with Gasteiger partial charge in [0, 0.05) is 19.0 Å². The van der Waals surface area contributed by atoms with E-state index in [1.807, 2.05) is 42.2 Å². The summed E-state index contributed by atoms with van der Waals surface area (Å²) in [5.74, 6) is -0.139. The molecule has 2 aromatic carbocycles. The Hall–Kier alpha value is -2.56. The average molecular weight is 369 g/mol. The minimum atomic E-state index is -0.800. The lowest BCUT2D eigenvalue weighted by Crippen LogP contribution is -2.45. The first-order valence-electron chi connectivity index (χ1n) is 9.59. The molecule has 1 fully saturated rings. The zero-order chi connectivity index (χ0) is 19.4.